The van der Waals surface area contributed by atoms with Gasteiger partial charge in [0.1, 0.15) is 22.3 Å². The maximum atomic E-state index is 6.24. The number of nitrogens with zero attached hydrogens (tertiary/aromatic N) is 1. The predicted molar refractivity (Wildman–Crippen MR) is 264 cm³/mol. The molecule has 0 unspecified atom stereocenters. The van der Waals surface area contributed by atoms with Crippen LogP contribution in [0.25, 0.3) is 77.3 Å². The van der Waals surface area contributed by atoms with Crippen LogP contribution in [0.3, 0.4) is 0 Å². The number of fused-ring (bicyclic) bond motifs is 9. The van der Waals surface area contributed by atoms with E-state index in [2.05, 4.69) is 217 Å². The van der Waals surface area contributed by atoms with Gasteiger partial charge in [-0.05, 0) is 117 Å². The lowest BCUT2D eigenvalue weighted by molar-refractivity contribution is 0.668. The fourth-order valence-corrected chi connectivity index (χ4v) is 10.5. The van der Waals surface area contributed by atoms with Gasteiger partial charge in [-0.3, -0.25) is 0 Å². The van der Waals surface area contributed by atoms with Crippen LogP contribution in [-0.2, 0) is 5.41 Å². The summed E-state index contributed by atoms with van der Waals surface area (Å²) in [5, 5.41) is 4.48. The van der Waals surface area contributed by atoms with Gasteiger partial charge in [-0.15, -0.1) is 0 Å². The van der Waals surface area contributed by atoms with Gasteiger partial charge in [0, 0.05) is 38.5 Å². The lowest BCUT2D eigenvalue weighted by atomic mass is 9.68. The number of hydrogen-bond acceptors (Lipinski definition) is 3. The summed E-state index contributed by atoms with van der Waals surface area (Å²) in [5.74, 6) is 0. The Morgan fingerprint density at radius 3 is 1.47 bits per heavy atom. The van der Waals surface area contributed by atoms with Gasteiger partial charge in [0.25, 0.3) is 0 Å². The standard InChI is InChI=1S/C61H39NO2/c1-3-16-44(17-4-1)61(45-18-5-2-6-19-45)53-24-10-7-23-50(53)60-54(61)25-14-26-55(60)62(46-33-29-40(30-34-46)42-31-35-58-51(38-42)48-21-8-11-27-56(48)63-58)47-20-13-15-41(37-47)43-32-36-59-52(39-43)49-22-9-12-28-57(49)64-59/h1-39H. The molecule has 0 bridgehead atoms. The topological polar surface area (TPSA) is 29.5 Å². The minimum absolute atomic E-state index is 0.527. The number of hydrogen-bond donors (Lipinski definition) is 0. The van der Waals surface area contributed by atoms with E-state index in [1.54, 1.807) is 0 Å². The SMILES string of the molecule is c1ccc(C2(c3ccccc3)c3ccccc3-c3c(N(c4ccc(-c5ccc6oc7ccccc7c6c5)cc4)c4cccc(-c5ccc6oc7ccccc7c6c5)c4)cccc32)cc1. The summed E-state index contributed by atoms with van der Waals surface area (Å²) in [6.07, 6.45) is 0. The molecule has 2 heterocycles. The molecule has 0 amide bonds. The number of rotatable bonds is 7. The zero-order valence-electron chi connectivity index (χ0n) is 34.8. The third-order valence-electron chi connectivity index (χ3n) is 13.4. The number of furan rings is 2. The minimum atomic E-state index is -0.527. The molecule has 0 radical (unpaired) electrons. The van der Waals surface area contributed by atoms with Crippen molar-refractivity contribution in [3.63, 3.8) is 0 Å². The van der Waals surface area contributed by atoms with E-state index in [0.29, 0.717) is 0 Å². The highest BCUT2D eigenvalue weighted by Gasteiger charge is 2.47. The van der Waals surface area contributed by atoms with Crippen LogP contribution in [0.4, 0.5) is 17.1 Å². The number of benzene rings is 10. The van der Waals surface area contributed by atoms with Crippen molar-refractivity contribution >= 4 is 60.9 Å². The molecule has 13 rings (SSSR count). The lowest BCUT2D eigenvalue weighted by Gasteiger charge is -2.34. The van der Waals surface area contributed by atoms with E-state index >= 15 is 0 Å². The third-order valence-corrected chi connectivity index (χ3v) is 13.4. The van der Waals surface area contributed by atoms with Crippen LogP contribution < -0.4 is 4.90 Å². The molecular formula is C61H39NO2. The zero-order chi connectivity index (χ0) is 42.2. The Balaban J connectivity index is 1.02. The molecule has 10 aromatic carbocycles. The van der Waals surface area contributed by atoms with Crippen molar-refractivity contribution in [2.75, 3.05) is 4.90 Å². The zero-order valence-corrected chi connectivity index (χ0v) is 34.8. The molecule has 0 fully saturated rings. The van der Waals surface area contributed by atoms with Crippen LogP contribution in [0.1, 0.15) is 22.3 Å². The van der Waals surface area contributed by atoms with Crippen molar-refractivity contribution in [3.8, 4) is 33.4 Å². The highest BCUT2D eigenvalue weighted by atomic mass is 16.3. The van der Waals surface area contributed by atoms with Gasteiger partial charge in [0.2, 0.25) is 0 Å². The van der Waals surface area contributed by atoms with E-state index in [0.717, 1.165) is 83.2 Å². The maximum absolute atomic E-state index is 6.24. The van der Waals surface area contributed by atoms with Crippen molar-refractivity contribution in [2.45, 2.75) is 5.41 Å². The maximum Gasteiger partial charge on any atom is 0.135 e. The molecular weight excluding hydrogens is 779 g/mol. The fraction of sp³-hybridized carbons (Fsp3) is 0.0164. The Labute approximate surface area is 370 Å². The first-order valence-corrected chi connectivity index (χ1v) is 21.9. The Morgan fingerprint density at radius 1 is 0.312 bits per heavy atom. The normalized spacial score (nSPS) is 12.8. The van der Waals surface area contributed by atoms with Crippen LogP contribution in [0.2, 0.25) is 0 Å². The Morgan fingerprint density at radius 2 is 0.812 bits per heavy atom. The van der Waals surface area contributed by atoms with Gasteiger partial charge >= 0.3 is 0 Å². The minimum Gasteiger partial charge on any atom is -0.456 e. The molecule has 0 saturated carbocycles. The molecule has 0 saturated heterocycles. The molecule has 12 aromatic rings. The fourth-order valence-electron chi connectivity index (χ4n) is 10.5. The van der Waals surface area contributed by atoms with Crippen LogP contribution >= 0.6 is 0 Å². The van der Waals surface area contributed by atoms with Crippen molar-refractivity contribution in [1.82, 2.24) is 0 Å². The number of para-hydroxylation sites is 2. The summed E-state index contributed by atoms with van der Waals surface area (Å²) in [7, 11) is 0. The first-order valence-electron chi connectivity index (χ1n) is 21.9. The molecule has 1 aliphatic carbocycles. The van der Waals surface area contributed by atoms with Crippen molar-refractivity contribution in [3.05, 3.63) is 259 Å². The quantitative estimate of drug-likeness (QED) is 0.160. The van der Waals surface area contributed by atoms with E-state index in [-0.39, 0.29) is 0 Å². The van der Waals surface area contributed by atoms with Crippen LogP contribution in [0.5, 0.6) is 0 Å². The molecule has 0 atom stereocenters. The summed E-state index contributed by atoms with van der Waals surface area (Å²) in [4.78, 5) is 2.45. The average Bonchev–Trinajstić information content (AvgIpc) is 4.03. The molecule has 0 N–H and O–H groups in total. The third kappa shape index (κ3) is 5.47. The van der Waals surface area contributed by atoms with Crippen molar-refractivity contribution < 1.29 is 8.83 Å². The highest BCUT2D eigenvalue weighted by Crippen LogP contribution is 2.59. The highest BCUT2D eigenvalue weighted by molar-refractivity contribution is 6.07. The first-order chi connectivity index (χ1) is 31.7. The predicted octanol–water partition coefficient (Wildman–Crippen LogP) is 16.7. The van der Waals surface area contributed by atoms with Crippen LogP contribution in [0.15, 0.2) is 245 Å². The second-order valence-electron chi connectivity index (χ2n) is 16.8. The van der Waals surface area contributed by atoms with E-state index in [1.807, 2.05) is 24.3 Å². The molecule has 3 heteroatoms. The first kappa shape index (κ1) is 36.3. The molecule has 2 aromatic heterocycles. The summed E-state index contributed by atoms with van der Waals surface area (Å²) < 4.78 is 12.4. The smallest absolute Gasteiger partial charge is 0.135 e. The van der Waals surface area contributed by atoms with Crippen LogP contribution in [-0.4, -0.2) is 0 Å². The lowest BCUT2D eigenvalue weighted by Crippen LogP contribution is -2.28. The second-order valence-corrected chi connectivity index (χ2v) is 16.8. The van der Waals surface area contributed by atoms with Gasteiger partial charge in [0.05, 0.1) is 11.1 Å². The van der Waals surface area contributed by atoms with Gasteiger partial charge in [0.15, 0.2) is 0 Å². The number of anilines is 3. The van der Waals surface area contributed by atoms with E-state index in [4.69, 9.17) is 8.83 Å². The molecule has 300 valence electrons. The van der Waals surface area contributed by atoms with Crippen LogP contribution in [0, 0.1) is 0 Å². The summed E-state index contributed by atoms with van der Waals surface area (Å²) in [6.45, 7) is 0. The largest absolute Gasteiger partial charge is 0.456 e. The second kappa shape index (κ2) is 14.3. The van der Waals surface area contributed by atoms with Gasteiger partial charge in [-0.25, -0.2) is 0 Å². The van der Waals surface area contributed by atoms with E-state index in [1.165, 1.54) is 33.4 Å². The van der Waals surface area contributed by atoms with Gasteiger partial charge in [-0.1, -0.05) is 170 Å². The molecule has 0 spiro atoms. The van der Waals surface area contributed by atoms with Gasteiger partial charge in [-0.2, -0.15) is 0 Å². The summed E-state index contributed by atoms with van der Waals surface area (Å²) in [5.41, 5.74) is 18.3. The van der Waals surface area contributed by atoms with E-state index in [9.17, 15) is 0 Å². The Bertz CT molecular complexity index is 3690. The van der Waals surface area contributed by atoms with Crippen molar-refractivity contribution in [2.24, 2.45) is 0 Å². The molecule has 1 aliphatic rings. The Kier molecular flexibility index (Phi) is 8.13. The summed E-state index contributed by atoms with van der Waals surface area (Å²) in [6, 6.07) is 85.5. The summed E-state index contributed by atoms with van der Waals surface area (Å²) >= 11 is 0. The van der Waals surface area contributed by atoms with Gasteiger partial charge < -0.3 is 13.7 Å². The average molecular weight is 818 g/mol. The van der Waals surface area contributed by atoms with E-state index < -0.39 is 5.41 Å². The van der Waals surface area contributed by atoms with Crippen molar-refractivity contribution in [1.29, 1.82) is 0 Å². The molecule has 64 heavy (non-hydrogen) atoms. The Hall–Kier alpha value is -8.40. The molecule has 3 nitrogen and oxygen atoms in total. The monoisotopic (exact) mass is 817 g/mol. The molecule has 0 aliphatic heterocycles.